The molecule has 0 bridgehead atoms. The third kappa shape index (κ3) is 3.52. The van der Waals surface area contributed by atoms with Gasteiger partial charge in [-0.15, -0.1) is 0 Å². The molecule has 0 aliphatic heterocycles. The van der Waals surface area contributed by atoms with E-state index in [2.05, 4.69) is 5.32 Å². The number of halogens is 1. The number of benzene rings is 2. The van der Waals surface area contributed by atoms with Gasteiger partial charge in [-0.05, 0) is 24.3 Å². The fourth-order valence-corrected chi connectivity index (χ4v) is 2.01. The van der Waals surface area contributed by atoms with Crippen LogP contribution in [0.15, 0.2) is 42.5 Å². The molecular weight excluding hydrogens is 294 g/mol. The summed E-state index contributed by atoms with van der Waals surface area (Å²) in [5.41, 5.74) is 0.318. The number of carboxylic acids is 1. The molecule has 0 spiro atoms. The van der Waals surface area contributed by atoms with Crippen LogP contribution in [-0.2, 0) is 4.79 Å². The van der Waals surface area contributed by atoms with Gasteiger partial charge in [0.2, 0.25) is 5.91 Å². The molecule has 0 aromatic heterocycles. The molecule has 0 heterocycles. The average Bonchev–Trinajstić information content (AvgIpc) is 2.40. The minimum Gasteiger partial charge on any atom is -0.478 e. The Morgan fingerprint density at radius 1 is 1.10 bits per heavy atom. The standard InChI is InChI=1S/C15H12ClNO4/c1-9(18)17-11-6-2-3-7-12(11)21-13-8-4-5-10(16)14(13)15(19)20/h2-8H,1H3,(H,17,18)(H,19,20). The van der Waals surface area contributed by atoms with Gasteiger partial charge in [0.05, 0.1) is 10.7 Å². The van der Waals surface area contributed by atoms with E-state index in [-0.39, 0.29) is 22.2 Å². The molecule has 0 radical (unpaired) electrons. The van der Waals surface area contributed by atoms with E-state index in [4.69, 9.17) is 16.3 Å². The van der Waals surface area contributed by atoms with Crippen molar-refractivity contribution in [3.8, 4) is 11.5 Å². The number of carboxylic acid groups (broad SMARTS) is 1. The highest BCUT2D eigenvalue weighted by molar-refractivity contribution is 6.33. The van der Waals surface area contributed by atoms with Gasteiger partial charge in [0.25, 0.3) is 0 Å². The second-order valence-electron chi connectivity index (χ2n) is 4.20. The van der Waals surface area contributed by atoms with Crippen LogP contribution >= 0.6 is 11.6 Å². The Balaban J connectivity index is 2.42. The van der Waals surface area contributed by atoms with Crippen molar-refractivity contribution in [2.24, 2.45) is 0 Å². The summed E-state index contributed by atoms with van der Waals surface area (Å²) in [6.07, 6.45) is 0. The van der Waals surface area contributed by atoms with Crippen molar-refractivity contribution >= 4 is 29.2 Å². The smallest absolute Gasteiger partial charge is 0.341 e. The first-order valence-corrected chi connectivity index (χ1v) is 6.43. The number of para-hydroxylation sites is 2. The summed E-state index contributed by atoms with van der Waals surface area (Å²) in [6, 6.07) is 11.3. The van der Waals surface area contributed by atoms with Crippen molar-refractivity contribution in [2.45, 2.75) is 6.92 Å². The number of hydrogen-bond donors (Lipinski definition) is 2. The Labute approximate surface area is 126 Å². The van der Waals surface area contributed by atoms with Crippen molar-refractivity contribution in [3.05, 3.63) is 53.1 Å². The zero-order chi connectivity index (χ0) is 15.4. The van der Waals surface area contributed by atoms with Crippen LogP contribution in [0, 0.1) is 0 Å². The molecule has 0 saturated carbocycles. The van der Waals surface area contributed by atoms with Crippen LogP contribution in [0.5, 0.6) is 11.5 Å². The molecule has 2 aromatic carbocycles. The first kappa shape index (κ1) is 14.9. The Kier molecular flexibility index (Phi) is 4.45. The summed E-state index contributed by atoms with van der Waals surface area (Å²) in [6.45, 7) is 1.37. The molecule has 5 nitrogen and oxygen atoms in total. The molecule has 6 heteroatoms. The summed E-state index contributed by atoms with van der Waals surface area (Å²) in [7, 11) is 0. The zero-order valence-corrected chi connectivity index (χ0v) is 11.8. The lowest BCUT2D eigenvalue weighted by Crippen LogP contribution is -2.07. The van der Waals surface area contributed by atoms with Crippen molar-refractivity contribution < 1.29 is 19.4 Å². The molecule has 2 N–H and O–H groups in total. The lowest BCUT2D eigenvalue weighted by atomic mass is 10.2. The summed E-state index contributed by atoms with van der Waals surface area (Å²) >= 11 is 5.88. The first-order valence-electron chi connectivity index (χ1n) is 6.05. The maximum Gasteiger partial charge on any atom is 0.341 e. The number of aromatic carboxylic acids is 1. The highest BCUT2D eigenvalue weighted by Crippen LogP contribution is 2.34. The first-order chi connectivity index (χ1) is 9.99. The molecule has 0 saturated heterocycles. The Bertz CT molecular complexity index is 700. The quantitative estimate of drug-likeness (QED) is 0.901. The molecule has 0 aliphatic carbocycles. The third-order valence-electron chi connectivity index (χ3n) is 2.61. The number of nitrogens with one attached hydrogen (secondary N) is 1. The van der Waals surface area contributed by atoms with Crippen molar-refractivity contribution in [2.75, 3.05) is 5.32 Å². The number of carbonyl (C=O) groups excluding carboxylic acids is 1. The minimum absolute atomic E-state index is 0.0806. The second-order valence-corrected chi connectivity index (χ2v) is 4.60. The third-order valence-corrected chi connectivity index (χ3v) is 2.92. The number of rotatable bonds is 4. The van der Waals surface area contributed by atoms with Gasteiger partial charge in [0, 0.05) is 6.92 Å². The van der Waals surface area contributed by atoms with Gasteiger partial charge in [-0.2, -0.15) is 0 Å². The molecule has 1 amide bonds. The van der Waals surface area contributed by atoms with E-state index in [1.807, 2.05) is 0 Å². The highest BCUT2D eigenvalue weighted by Gasteiger charge is 2.17. The van der Waals surface area contributed by atoms with Crippen LogP contribution in [-0.4, -0.2) is 17.0 Å². The normalized spacial score (nSPS) is 10.0. The molecule has 2 aromatic rings. The number of anilines is 1. The van der Waals surface area contributed by atoms with Gasteiger partial charge >= 0.3 is 5.97 Å². The molecule has 0 atom stereocenters. The molecule has 0 fully saturated rings. The monoisotopic (exact) mass is 305 g/mol. The summed E-state index contributed by atoms with van der Waals surface area (Å²) in [4.78, 5) is 22.4. The number of hydrogen-bond acceptors (Lipinski definition) is 3. The topological polar surface area (TPSA) is 75.6 Å². The molecule has 0 unspecified atom stereocenters. The summed E-state index contributed by atoms with van der Waals surface area (Å²) < 4.78 is 5.60. The second kappa shape index (κ2) is 6.28. The fraction of sp³-hybridized carbons (Fsp3) is 0.0667. The van der Waals surface area contributed by atoms with E-state index in [9.17, 15) is 14.7 Å². The van der Waals surface area contributed by atoms with Crippen LogP contribution in [0.1, 0.15) is 17.3 Å². The zero-order valence-electron chi connectivity index (χ0n) is 11.1. The molecule has 2 rings (SSSR count). The maximum absolute atomic E-state index is 11.3. The molecule has 21 heavy (non-hydrogen) atoms. The molecule has 108 valence electrons. The van der Waals surface area contributed by atoms with E-state index < -0.39 is 5.97 Å². The van der Waals surface area contributed by atoms with Gasteiger partial charge in [-0.3, -0.25) is 4.79 Å². The van der Waals surface area contributed by atoms with Crippen LogP contribution in [0.4, 0.5) is 5.69 Å². The Morgan fingerprint density at radius 2 is 1.76 bits per heavy atom. The fourth-order valence-electron chi connectivity index (χ4n) is 1.76. The lowest BCUT2D eigenvalue weighted by Gasteiger charge is -2.13. The molecule has 0 aliphatic rings. The minimum atomic E-state index is -1.19. The SMILES string of the molecule is CC(=O)Nc1ccccc1Oc1cccc(Cl)c1C(=O)O. The summed E-state index contributed by atoms with van der Waals surface area (Å²) in [5.74, 6) is -1.01. The van der Waals surface area contributed by atoms with Crippen LogP contribution in [0.25, 0.3) is 0 Å². The number of ether oxygens (including phenoxy) is 1. The predicted molar refractivity (Wildman–Crippen MR) is 79.2 cm³/mol. The van der Waals surface area contributed by atoms with E-state index >= 15 is 0 Å². The lowest BCUT2D eigenvalue weighted by molar-refractivity contribution is -0.114. The van der Waals surface area contributed by atoms with Gasteiger partial charge in [0.1, 0.15) is 11.3 Å². The molecular formula is C15H12ClNO4. The van der Waals surface area contributed by atoms with Crippen molar-refractivity contribution in [1.29, 1.82) is 0 Å². The van der Waals surface area contributed by atoms with Gasteiger partial charge in [-0.1, -0.05) is 29.8 Å². The van der Waals surface area contributed by atoms with Gasteiger partial charge in [0.15, 0.2) is 5.75 Å². The van der Waals surface area contributed by atoms with E-state index in [0.717, 1.165) is 0 Å². The van der Waals surface area contributed by atoms with E-state index in [1.54, 1.807) is 30.3 Å². The average molecular weight is 306 g/mol. The van der Waals surface area contributed by atoms with Crippen molar-refractivity contribution in [3.63, 3.8) is 0 Å². The number of amides is 1. The van der Waals surface area contributed by atoms with Crippen LogP contribution < -0.4 is 10.1 Å². The predicted octanol–water partition coefficient (Wildman–Crippen LogP) is 3.79. The maximum atomic E-state index is 11.3. The van der Waals surface area contributed by atoms with Gasteiger partial charge < -0.3 is 15.2 Å². The van der Waals surface area contributed by atoms with Crippen LogP contribution in [0.3, 0.4) is 0 Å². The Morgan fingerprint density at radius 3 is 2.43 bits per heavy atom. The Hall–Kier alpha value is -2.53. The van der Waals surface area contributed by atoms with Gasteiger partial charge in [-0.25, -0.2) is 4.79 Å². The highest BCUT2D eigenvalue weighted by atomic mass is 35.5. The number of carbonyl (C=O) groups is 2. The van der Waals surface area contributed by atoms with Crippen LogP contribution in [0.2, 0.25) is 5.02 Å². The van der Waals surface area contributed by atoms with E-state index in [0.29, 0.717) is 11.4 Å². The summed E-state index contributed by atoms with van der Waals surface area (Å²) in [5, 5.41) is 11.9. The van der Waals surface area contributed by atoms with Crippen molar-refractivity contribution in [1.82, 2.24) is 0 Å². The van der Waals surface area contributed by atoms with E-state index in [1.165, 1.54) is 19.1 Å². The largest absolute Gasteiger partial charge is 0.478 e.